The summed E-state index contributed by atoms with van der Waals surface area (Å²) < 4.78 is 1.44. The molecule has 0 unspecified atom stereocenters. The maximum atomic E-state index is 12.7. The zero-order valence-electron chi connectivity index (χ0n) is 12.7. The molecule has 2 aromatic rings. The molecule has 0 aliphatic carbocycles. The molecule has 0 fully saturated rings. The van der Waals surface area contributed by atoms with Crippen molar-refractivity contribution >= 4 is 40.8 Å². The molecule has 5 nitrogen and oxygen atoms in total. The van der Waals surface area contributed by atoms with Crippen molar-refractivity contribution in [3.63, 3.8) is 0 Å². The number of aromatic nitrogens is 2. The SMILES string of the molecule is CCCN(Oc1c(Cl)cc(Cl)cc1Cl)C(=O)n1ccnc1CC. The molecule has 124 valence electrons. The van der Waals surface area contributed by atoms with Crippen LogP contribution in [-0.2, 0) is 6.42 Å². The van der Waals surface area contributed by atoms with Crippen molar-refractivity contribution in [3.05, 3.63) is 45.4 Å². The largest absolute Gasteiger partial charge is 0.372 e. The second-order valence-electron chi connectivity index (χ2n) is 4.74. The number of carbonyl (C=O) groups excluding carboxylic acids is 1. The molecule has 0 N–H and O–H groups in total. The molecule has 1 amide bonds. The number of benzene rings is 1. The first-order chi connectivity index (χ1) is 11.0. The molecule has 0 spiro atoms. The van der Waals surface area contributed by atoms with Crippen LogP contribution in [0.5, 0.6) is 5.75 Å². The van der Waals surface area contributed by atoms with E-state index in [2.05, 4.69) is 4.98 Å². The van der Waals surface area contributed by atoms with Gasteiger partial charge in [-0.25, -0.2) is 9.78 Å². The van der Waals surface area contributed by atoms with Crippen molar-refractivity contribution in [1.29, 1.82) is 0 Å². The number of carbonyl (C=O) groups is 1. The maximum absolute atomic E-state index is 12.7. The van der Waals surface area contributed by atoms with Crippen LogP contribution in [-0.4, -0.2) is 27.2 Å². The quantitative estimate of drug-likeness (QED) is 0.684. The monoisotopic (exact) mass is 375 g/mol. The smallest absolute Gasteiger partial charge is 0.362 e. The van der Waals surface area contributed by atoms with E-state index in [-0.39, 0.29) is 21.8 Å². The van der Waals surface area contributed by atoms with Gasteiger partial charge in [0.05, 0.1) is 16.6 Å². The normalized spacial score (nSPS) is 10.7. The topological polar surface area (TPSA) is 47.4 Å². The molecule has 0 saturated heterocycles. The van der Waals surface area contributed by atoms with Gasteiger partial charge in [0, 0.05) is 23.8 Å². The number of rotatable bonds is 5. The van der Waals surface area contributed by atoms with Gasteiger partial charge in [-0.3, -0.25) is 4.57 Å². The summed E-state index contributed by atoms with van der Waals surface area (Å²) in [4.78, 5) is 22.5. The van der Waals surface area contributed by atoms with Crippen LogP contribution < -0.4 is 4.84 Å². The Morgan fingerprint density at radius 1 is 1.26 bits per heavy atom. The van der Waals surface area contributed by atoms with Gasteiger partial charge in [-0.2, -0.15) is 5.06 Å². The Labute approximate surface area is 149 Å². The molecule has 1 heterocycles. The molecule has 2 rings (SSSR count). The number of amides is 1. The van der Waals surface area contributed by atoms with E-state index in [1.54, 1.807) is 12.4 Å². The Hall–Kier alpha value is -1.43. The van der Waals surface area contributed by atoms with Crippen LogP contribution in [0.4, 0.5) is 4.79 Å². The van der Waals surface area contributed by atoms with Gasteiger partial charge in [0.15, 0.2) is 5.75 Å². The summed E-state index contributed by atoms with van der Waals surface area (Å²) in [5.41, 5.74) is 0. The number of imidazole rings is 1. The molecule has 8 heteroatoms. The number of halogens is 3. The van der Waals surface area contributed by atoms with Crippen LogP contribution >= 0.6 is 34.8 Å². The lowest BCUT2D eigenvalue weighted by atomic mass is 10.3. The Morgan fingerprint density at radius 3 is 2.48 bits per heavy atom. The third kappa shape index (κ3) is 4.10. The summed E-state index contributed by atoms with van der Waals surface area (Å²) in [6.45, 7) is 4.23. The van der Waals surface area contributed by atoms with Crippen LogP contribution in [0.2, 0.25) is 15.1 Å². The van der Waals surface area contributed by atoms with E-state index in [0.29, 0.717) is 30.2 Å². The summed E-state index contributed by atoms with van der Waals surface area (Å²) in [7, 11) is 0. The maximum Gasteiger partial charge on any atom is 0.362 e. The highest BCUT2D eigenvalue weighted by Gasteiger charge is 2.22. The Kier molecular flexibility index (Phi) is 6.16. The van der Waals surface area contributed by atoms with E-state index in [1.165, 1.54) is 21.8 Å². The van der Waals surface area contributed by atoms with Gasteiger partial charge in [-0.1, -0.05) is 48.7 Å². The number of aryl methyl sites for hydroxylation is 1. The van der Waals surface area contributed by atoms with Gasteiger partial charge in [0.1, 0.15) is 5.82 Å². The zero-order valence-corrected chi connectivity index (χ0v) is 15.0. The highest BCUT2D eigenvalue weighted by molar-refractivity contribution is 6.40. The average molecular weight is 377 g/mol. The van der Waals surface area contributed by atoms with Gasteiger partial charge in [0.2, 0.25) is 0 Å². The van der Waals surface area contributed by atoms with Crippen LogP contribution in [0.3, 0.4) is 0 Å². The third-order valence-corrected chi connectivity index (χ3v) is 3.82. The van der Waals surface area contributed by atoms with Crippen molar-refractivity contribution in [2.75, 3.05) is 6.54 Å². The summed E-state index contributed by atoms with van der Waals surface area (Å²) in [5.74, 6) is 0.839. The number of hydrogen-bond donors (Lipinski definition) is 0. The van der Waals surface area contributed by atoms with Crippen molar-refractivity contribution in [2.24, 2.45) is 0 Å². The second-order valence-corrected chi connectivity index (χ2v) is 5.99. The van der Waals surface area contributed by atoms with Gasteiger partial charge in [-0.15, -0.1) is 0 Å². The van der Waals surface area contributed by atoms with Crippen LogP contribution in [0.15, 0.2) is 24.5 Å². The molecule has 0 atom stereocenters. The van der Waals surface area contributed by atoms with Gasteiger partial charge in [0.25, 0.3) is 0 Å². The van der Waals surface area contributed by atoms with E-state index in [4.69, 9.17) is 39.6 Å². The summed E-state index contributed by atoms with van der Waals surface area (Å²) in [5, 5.41) is 2.07. The highest BCUT2D eigenvalue weighted by atomic mass is 35.5. The summed E-state index contributed by atoms with van der Waals surface area (Å²) >= 11 is 18.1. The van der Waals surface area contributed by atoms with Crippen molar-refractivity contribution < 1.29 is 9.63 Å². The minimum Gasteiger partial charge on any atom is -0.372 e. The fraction of sp³-hybridized carbons (Fsp3) is 0.333. The predicted octanol–water partition coefficient (Wildman–Crippen LogP) is 5.08. The standard InChI is InChI=1S/C15H16Cl3N3O2/c1-3-6-21(15(22)20-7-5-19-13(20)4-2)23-14-11(17)8-10(16)9-12(14)18/h5,7-9H,3-4,6H2,1-2H3. The Balaban J connectivity index is 2.31. The lowest BCUT2D eigenvalue weighted by Crippen LogP contribution is -2.38. The molecule has 1 aromatic carbocycles. The molecule has 0 saturated carbocycles. The van der Waals surface area contributed by atoms with Crippen molar-refractivity contribution in [2.45, 2.75) is 26.7 Å². The Bertz CT molecular complexity index is 680. The van der Waals surface area contributed by atoms with Crippen LogP contribution in [0.1, 0.15) is 26.1 Å². The molecule has 0 aliphatic rings. The van der Waals surface area contributed by atoms with E-state index < -0.39 is 0 Å². The fourth-order valence-electron chi connectivity index (χ4n) is 2.00. The molecule has 0 aliphatic heterocycles. The minimum atomic E-state index is -0.358. The van der Waals surface area contributed by atoms with Gasteiger partial charge in [-0.05, 0) is 18.6 Å². The zero-order chi connectivity index (χ0) is 17.0. The van der Waals surface area contributed by atoms with E-state index in [9.17, 15) is 4.79 Å². The first-order valence-electron chi connectivity index (χ1n) is 7.14. The van der Waals surface area contributed by atoms with E-state index >= 15 is 0 Å². The third-order valence-electron chi connectivity index (χ3n) is 3.04. The van der Waals surface area contributed by atoms with Gasteiger partial charge < -0.3 is 4.84 Å². The highest BCUT2D eigenvalue weighted by Crippen LogP contribution is 2.36. The predicted molar refractivity (Wildman–Crippen MR) is 91.5 cm³/mol. The molecule has 23 heavy (non-hydrogen) atoms. The van der Waals surface area contributed by atoms with E-state index in [0.717, 1.165) is 0 Å². The van der Waals surface area contributed by atoms with Crippen molar-refractivity contribution in [3.8, 4) is 5.75 Å². The number of hydrogen-bond acceptors (Lipinski definition) is 3. The molecule has 0 bridgehead atoms. The molecule has 0 radical (unpaired) electrons. The van der Waals surface area contributed by atoms with E-state index in [1.807, 2.05) is 13.8 Å². The first-order valence-corrected chi connectivity index (χ1v) is 8.27. The van der Waals surface area contributed by atoms with Crippen molar-refractivity contribution in [1.82, 2.24) is 14.6 Å². The summed E-state index contributed by atoms with van der Waals surface area (Å²) in [6.07, 6.45) is 4.49. The first kappa shape index (κ1) is 17.9. The molecular formula is C15H16Cl3N3O2. The molecular weight excluding hydrogens is 361 g/mol. The van der Waals surface area contributed by atoms with Gasteiger partial charge >= 0.3 is 6.03 Å². The minimum absolute atomic E-state index is 0.192. The molecule has 1 aromatic heterocycles. The fourth-order valence-corrected chi connectivity index (χ4v) is 2.89. The lowest BCUT2D eigenvalue weighted by Gasteiger charge is -2.23. The Morgan fingerprint density at radius 2 is 1.91 bits per heavy atom. The number of nitrogens with zero attached hydrogens (tertiary/aromatic N) is 3. The summed E-state index contributed by atoms with van der Waals surface area (Å²) in [6, 6.07) is 2.66. The number of hydroxylamine groups is 2. The van der Waals surface area contributed by atoms with Crippen LogP contribution in [0.25, 0.3) is 0 Å². The average Bonchev–Trinajstić information content (AvgIpc) is 2.97. The van der Waals surface area contributed by atoms with Crippen LogP contribution in [0, 0.1) is 0 Å². The lowest BCUT2D eigenvalue weighted by molar-refractivity contribution is -0.0124. The second kappa shape index (κ2) is 7.90.